The minimum absolute atomic E-state index is 0.139. The molecule has 0 bridgehead atoms. The van der Waals surface area contributed by atoms with Crippen LogP contribution in [-0.4, -0.2) is 35.6 Å². The SMILES string of the molecule is COC(=O)C1=C(C)N=c2sc(=Cc3ccccc3[N+](=O)[O-])c(=O)n2C1c1ccc(C(=O)OC)cc1. The van der Waals surface area contributed by atoms with Crippen LogP contribution in [0.2, 0.25) is 0 Å². The van der Waals surface area contributed by atoms with E-state index in [2.05, 4.69) is 4.99 Å². The van der Waals surface area contributed by atoms with E-state index in [1.807, 2.05) is 0 Å². The van der Waals surface area contributed by atoms with Crippen molar-refractivity contribution in [3.8, 4) is 0 Å². The zero-order chi connectivity index (χ0) is 25.3. The normalized spacial score (nSPS) is 15.3. The van der Waals surface area contributed by atoms with Crippen molar-refractivity contribution < 1.29 is 24.0 Å². The highest BCUT2D eigenvalue weighted by atomic mass is 32.1. The molecule has 0 N–H and O–H groups in total. The van der Waals surface area contributed by atoms with Crippen LogP contribution in [0.5, 0.6) is 0 Å². The molecule has 0 spiro atoms. The molecular formula is C24H19N3O7S. The number of aromatic nitrogens is 1. The lowest BCUT2D eigenvalue weighted by atomic mass is 9.95. The van der Waals surface area contributed by atoms with E-state index in [1.54, 1.807) is 37.3 Å². The first-order valence-electron chi connectivity index (χ1n) is 10.3. The van der Waals surface area contributed by atoms with Crippen molar-refractivity contribution in [1.82, 2.24) is 4.57 Å². The lowest BCUT2D eigenvalue weighted by molar-refractivity contribution is -0.385. The van der Waals surface area contributed by atoms with E-state index < -0.39 is 28.5 Å². The van der Waals surface area contributed by atoms with Crippen molar-refractivity contribution >= 4 is 35.0 Å². The highest BCUT2D eigenvalue weighted by molar-refractivity contribution is 7.07. The quantitative estimate of drug-likeness (QED) is 0.302. The largest absolute Gasteiger partial charge is 0.466 e. The highest BCUT2D eigenvalue weighted by Crippen LogP contribution is 2.30. The number of hydrogen-bond acceptors (Lipinski definition) is 9. The molecule has 0 amide bonds. The number of para-hydroxylation sites is 1. The number of carbonyl (C=O) groups is 2. The zero-order valence-electron chi connectivity index (χ0n) is 18.9. The maximum atomic E-state index is 13.5. The Morgan fingerprint density at radius 2 is 1.74 bits per heavy atom. The molecule has 0 fully saturated rings. The third-order valence-electron chi connectivity index (χ3n) is 5.49. The highest BCUT2D eigenvalue weighted by Gasteiger charge is 2.33. The summed E-state index contributed by atoms with van der Waals surface area (Å²) in [6.07, 6.45) is 1.44. The zero-order valence-corrected chi connectivity index (χ0v) is 19.7. The molecule has 0 aliphatic carbocycles. The van der Waals surface area contributed by atoms with Gasteiger partial charge in [-0.25, -0.2) is 14.6 Å². The number of nitro benzene ring substituents is 1. The van der Waals surface area contributed by atoms with Crippen molar-refractivity contribution in [2.75, 3.05) is 14.2 Å². The van der Waals surface area contributed by atoms with Gasteiger partial charge in [0, 0.05) is 6.07 Å². The Kier molecular flexibility index (Phi) is 6.43. The fraction of sp³-hybridized carbons (Fsp3) is 0.167. The molecular weight excluding hydrogens is 474 g/mol. The van der Waals surface area contributed by atoms with E-state index in [0.29, 0.717) is 21.6 Å². The van der Waals surface area contributed by atoms with Gasteiger partial charge in [0.05, 0.1) is 52.1 Å². The number of ether oxygens (including phenoxy) is 2. The molecule has 1 atom stereocenters. The fourth-order valence-corrected chi connectivity index (χ4v) is 4.88. The van der Waals surface area contributed by atoms with Crippen LogP contribution in [0.25, 0.3) is 6.08 Å². The van der Waals surface area contributed by atoms with Gasteiger partial charge in [0.15, 0.2) is 4.80 Å². The lowest BCUT2D eigenvalue weighted by Gasteiger charge is -2.24. The third kappa shape index (κ3) is 4.28. The van der Waals surface area contributed by atoms with Crippen LogP contribution >= 0.6 is 11.3 Å². The lowest BCUT2D eigenvalue weighted by Crippen LogP contribution is -2.39. The van der Waals surface area contributed by atoms with Crippen molar-refractivity contribution in [2.45, 2.75) is 13.0 Å². The summed E-state index contributed by atoms with van der Waals surface area (Å²) in [6, 6.07) is 11.5. The summed E-state index contributed by atoms with van der Waals surface area (Å²) in [5, 5.41) is 11.4. The van der Waals surface area contributed by atoms with Crippen molar-refractivity contribution in [1.29, 1.82) is 0 Å². The summed E-state index contributed by atoms with van der Waals surface area (Å²) < 4.78 is 11.3. The van der Waals surface area contributed by atoms with E-state index in [-0.39, 0.29) is 21.4 Å². The van der Waals surface area contributed by atoms with Crippen LogP contribution < -0.4 is 14.9 Å². The molecule has 2 aromatic carbocycles. The monoisotopic (exact) mass is 493 g/mol. The standard InChI is InChI=1S/C24H19N3O7S/c1-13-19(23(30)34-3)20(14-8-10-15(11-9-14)22(29)33-2)26-21(28)18(35-24(26)25-13)12-16-6-4-5-7-17(16)27(31)32/h4-12,20H,1-3H3. The van der Waals surface area contributed by atoms with Gasteiger partial charge in [0.25, 0.3) is 11.2 Å². The topological polar surface area (TPSA) is 130 Å². The Morgan fingerprint density at radius 1 is 1.09 bits per heavy atom. The van der Waals surface area contributed by atoms with E-state index in [4.69, 9.17) is 9.47 Å². The van der Waals surface area contributed by atoms with Gasteiger partial charge in [-0.2, -0.15) is 0 Å². The average molecular weight is 493 g/mol. The molecule has 0 saturated carbocycles. The number of fused-ring (bicyclic) bond motifs is 1. The smallest absolute Gasteiger partial charge is 0.338 e. The molecule has 3 aromatic rings. The van der Waals surface area contributed by atoms with Crippen LogP contribution in [-0.2, 0) is 14.3 Å². The minimum atomic E-state index is -0.877. The number of esters is 2. The van der Waals surface area contributed by atoms with Crippen LogP contribution in [0.4, 0.5) is 5.69 Å². The van der Waals surface area contributed by atoms with Crippen LogP contribution in [0.15, 0.2) is 69.6 Å². The predicted molar refractivity (Wildman–Crippen MR) is 127 cm³/mol. The van der Waals surface area contributed by atoms with E-state index in [9.17, 15) is 24.5 Å². The molecule has 0 saturated heterocycles. The molecule has 35 heavy (non-hydrogen) atoms. The third-order valence-corrected chi connectivity index (χ3v) is 6.48. The average Bonchev–Trinajstić information content (AvgIpc) is 3.16. The molecule has 1 unspecified atom stereocenters. The van der Waals surface area contributed by atoms with Gasteiger partial charge in [0.2, 0.25) is 0 Å². The van der Waals surface area contributed by atoms with Crippen LogP contribution in [0, 0.1) is 10.1 Å². The second kappa shape index (κ2) is 9.47. The first kappa shape index (κ1) is 23.8. The molecule has 4 rings (SSSR count). The van der Waals surface area contributed by atoms with Crippen molar-refractivity contribution in [2.24, 2.45) is 4.99 Å². The molecule has 0 radical (unpaired) electrons. The van der Waals surface area contributed by atoms with Gasteiger partial charge in [0.1, 0.15) is 0 Å². The maximum absolute atomic E-state index is 13.5. The number of methoxy groups -OCH3 is 2. The number of benzene rings is 2. The molecule has 2 heterocycles. The van der Waals surface area contributed by atoms with Gasteiger partial charge in [-0.3, -0.25) is 19.5 Å². The second-order valence-corrected chi connectivity index (χ2v) is 8.51. The molecule has 10 nitrogen and oxygen atoms in total. The number of hydrogen-bond donors (Lipinski definition) is 0. The molecule has 178 valence electrons. The summed E-state index contributed by atoms with van der Waals surface area (Å²) in [4.78, 5) is 53.8. The first-order chi connectivity index (χ1) is 16.8. The van der Waals surface area contributed by atoms with Gasteiger partial charge in [-0.1, -0.05) is 35.6 Å². The second-order valence-electron chi connectivity index (χ2n) is 7.50. The maximum Gasteiger partial charge on any atom is 0.338 e. The molecule has 11 heteroatoms. The fourth-order valence-electron chi connectivity index (χ4n) is 3.84. The van der Waals surface area contributed by atoms with Crippen LogP contribution in [0.1, 0.15) is 34.5 Å². The Balaban J connectivity index is 1.95. The summed E-state index contributed by atoms with van der Waals surface area (Å²) in [7, 11) is 2.51. The van der Waals surface area contributed by atoms with Gasteiger partial charge in [-0.15, -0.1) is 0 Å². The van der Waals surface area contributed by atoms with E-state index in [1.165, 1.54) is 43.1 Å². The Labute approximate surface area is 202 Å². The molecule has 1 aromatic heterocycles. The minimum Gasteiger partial charge on any atom is -0.466 e. The number of allylic oxidation sites excluding steroid dienone is 1. The number of thiazole rings is 1. The Hall–Kier alpha value is -4.38. The Morgan fingerprint density at radius 3 is 2.37 bits per heavy atom. The van der Waals surface area contributed by atoms with Gasteiger partial charge >= 0.3 is 11.9 Å². The van der Waals surface area contributed by atoms with Crippen molar-refractivity contribution in [3.63, 3.8) is 0 Å². The molecule has 1 aliphatic rings. The summed E-state index contributed by atoms with van der Waals surface area (Å²) in [5.41, 5.74) is 1.06. The Bertz CT molecular complexity index is 1570. The summed E-state index contributed by atoms with van der Waals surface area (Å²) in [5.74, 6) is -1.17. The van der Waals surface area contributed by atoms with Crippen LogP contribution in [0.3, 0.4) is 0 Å². The van der Waals surface area contributed by atoms with E-state index in [0.717, 1.165) is 11.3 Å². The van der Waals surface area contributed by atoms with Gasteiger partial charge in [-0.05, 0) is 36.8 Å². The summed E-state index contributed by atoms with van der Waals surface area (Å²) in [6.45, 7) is 1.64. The number of rotatable bonds is 5. The van der Waals surface area contributed by atoms with Gasteiger partial charge < -0.3 is 9.47 Å². The van der Waals surface area contributed by atoms with Crippen molar-refractivity contribution in [3.05, 3.63) is 106 Å². The predicted octanol–water partition coefficient (Wildman–Crippen LogP) is 2.10. The number of carbonyl (C=O) groups excluding carboxylic acids is 2. The first-order valence-corrected chi connectivity index (χ1v) is 11.1. The number of nitrogens with zero attached hydrogens (tertiary/aromatic N) is 3. The summed E-state index contributed by atoms with van der Waals surface area (Å²) >= 11 is 1.06. The molecule has 1 aliphatic heterocycles. The van der Waals surface area contributed by atoms with E-state index >= 15 is 0 Å². The number of nitro groups is 1.